The average Bonchev–Trinajstić information content (AvgIpc) is 2.79. The third kappa shape index (κ3) is 3.77. The van der Waals surface area contributed by atoms with Crippen LogP contribution >= 0.6 is 23.5 Å². The van der Waals surface area contributed by atoms with E-state index in [0.717, 1.165) is 12.2 Å². The minimum Gasteiger partial charge on any atom is -0.304 e. The summed E-state index contributed by atoms with van der Waals surface area (Å²) in [6.45, 7) is 6.91. The summed E-state index contributed by atoms with van der Waals surface area (Å²) in [6.07, 6.45) is 1.13. The zero-order valence-corrected chi connectivity index (χ0v) is 16.7. The van der Waals surface area contributed by atoms with Crippen LogP contribution in [0.15, 0.2) is 57.2 Å². The van der Waals surface area contributed by atoms with Gasteiger partial charge in [-0.15, -0.1) is 11.8 Å². The maximum atomic E-state index is 2.71. The molecular formula is C21H26N2S2. The highest BCUT2D eigenvalue weighted by Gasteiger charge is 2.29. The van der Waals surface area contributed by atoms with Crippen molar-refractivity contribution in [2.75, 3.05) is 39.0 Å². The molecule has 0 N–H and O–H groups in total. The third-order valence-corrected chi connectivity index (χ3v) is 7.32. The predicted molar refractivity (Wildman–Crippen MR) is 109 cm³/mol. The van der Waals surface area contributed by atoms with Crippen molar-refractivity contribution in [3.63, 3.8) is 0 Å². The maximum absolute atomic E-state index is 2.71. The highest BCUT2D eigenvalue weighted by Crippen LogP contribution is 2.44. The van der Waals surface area contributed by atoms with Gasteiger partial charge in [0.2, 0.25) is 0 Å². The summed E-state index contributed by atoms with van der Waals surface area (Å²) in [4.78, 5) is 9.43. The number of nitrogens with zero attached hydrogens (tertiary/aromatic N) is 2. The van der Waals surface area contributed by atoms with Gasteiger partial charge in [-0.05, 0) is 54.6 Å². The minimum atomic E-state index is 0.497. The molecule has 2 aliphatic heterocycles. The van der Waals surface area contributed by atoms with Crippen molar-refractivity contribution in [1.29, 1.82) is 0 Å². The van der Waals surface area contributed by atoms with E-state index in [9.17, 15) is 0 Å². The lowest BCUT2D eigenvalue weighted by molar-refractivity contribution is 0.109. The zero-order chi connectivity index (χ0) is 17.2. The average molecular weight is 371 g/mol. The third-order valence-electron chi connectivity index (χ3n) is 5.24. The Morgan fingerprint density at radius 2 is 1.84 bits per heavy atom. The molecule has 2 aliphatic rings. The van der Waals surface area contributed by atoms with E-state index in [-0.39, 0.29) is 0 Å². The van der Waals surface area contributed by atoms with Crippen molar-refractivity contribution in [2.24, 2.45) is 0 Å². The van der Waals surface area contributed by atoms with Crippen LogP contribution in [0.3, 0.4) is 0 Å². The van der Waals surface area contributed by atoms with Crippen molar-refractivity contribution in [2.45, 2.75) is 34.1 Å². The number of thioether (sulfide) groups is 1. The largest absolute Gasteiger partial charge is 0.304 e. The molecule has 1 saturated heterocycles. The number of likely N-dealkylation sites (N-methyl/N-ethyl adjacent to an activating group) is 1. The standard InChI is InChI=1S/C21H26N2S2/c1-3-24-17-8-9-21-18(15-17)19(23-12-10-22(2)11-13-23)14-16-6-4-5-7-20(16)25-21/h4-9,15,19H,3,10-14H2,1-2H3. The normalized spacial score (nSPS) is 21.4. The molecule has 2 aromatic carbocycles. The Morgan fingerprint density at radius 3 is 2.64 bits per heavy atom. The molecule has 1 unspecified atom stereocenters. The van der Waals surface area contributed by atoms with Crippen LogP contribution in [0.1, 0.15) is 24.1 Å². The van der Waals surface area contributed by atoms with E-state index in [0.29, 0.717) is 6.04 Å². The zero-order valence-electron chi connectivity index (χ0n) is 15.1. The van der Waals surface area contributed by atoms with Gasteiger partial charge in [-0.25, -0.2) is 0 Å². The first kappa shape index (κ1) is 17.5. The molecule has 0 aliphatic carbocycles. The fourth-order valence-corrected chi connectivity index (χ4v) is 5.63. The van der Waals surface area contributed by atoms with Crippen molar-refractivity contribution < 1.29 is 0 Å². The summed E-state index contributed by atoms with van der Waals surface area (Å²) in [7, 11) is 2.24. The Labute approximate surface area is 160 Å². The number of fused-ring (bicyclic) bond motifs is 2. The lowest BCUT2D eigenvalue weighted by atomic mass is 9.96. The van der Waals surface area contributed by atoms with Crippen LogP contribution in [-0.4, -0.2) is 48.8 Å². The van der Waals surface area contributed by atoms with Gasteiger partial charge in [0.05, 0.1) is 0 Å². The SMILES string of the molecule is CCSc1ccc2c(c1)C(N1CCN(C)CC1)Cc1ccccc1S2. The summed E-state index contributed by atoms with van der Waals surface area (Å²) in [6, 6.07) is 16.6. The molecule has 0 amide bonds. The van der Waals surface area contributed by atoms with Crippen LogP contribution in [0.5, 0.6) is 0 Å². The molecule has 25 heavy (non-hydrogen) atoms. The highest BCUT2D eigenvalue weighted by atomic mass is 32.2. The van der Waals surface area contributed by atoms with Gasteiger partial charge in [0.1, 0.15) is 0 Å². The van der Waals surface area contributed by atoms with Crippen molar-refractivity contribution in [3.05, 3.63) is 53.6 Å². The highest BCUT2D eigenvalue weighted by molar-refractivity contribution is 7.99. The molecule has 1 fully saturated rings. The lowest BCUT2D eigenvalue weighted by Gasteiger charge is -2.38. The fourth-order valence-electron chi connectivity index (χ4n) is 3.80. The van der Waals surface area contributed by atoms with Gasteiger partial charge in [-0.3, -0.25) is 4.90 Å². The van der Waals surface area contributed by atoms with Gasteiger partial charge in [-0.1, -0.05) is 36.9 Å². The van der Waals surface area contributed by atoms with Crippen molar-refractivity contribution in [1.82, 2.24) is 9.80 Å². The summed E-state index contributed by atoms with van der Waals surface area (Å²) in [5, 5.41) is 0. The molecule has 4 rings (SSSR count). The fraction of sp³-hybridized carbons (Fsp3) is 0.429. The second-order valence-electron chi connectivity index (χ2n) is 6.90. The van der Waals surface area contributed by atoms with Crippen LogP contribution in [0.2, 0.25) is 0 Å². The van der Waals surface area contributed by atoms with E-state index in [1.54, 1.807) is 0 Å². The molecule has 2 aromatic rings. The van der Waals surface area contributed by atoms with Crippen LogP contribution in [0, 0.1) is 0 Å². The first-order chi connectivity index (χ1) is 12.2. The minimum absolute atomic E-state index is 0.497. The second-order valence-corrected chi connectivity index (χ2v) is 9.32. The first-order valence-corrected chi connectivity index (χ1v) is 11.0. The Hall–Kier alpha value is -0.940. The number of benzene rings is 2. The van der Waals surface area contributed by atoms with E-state index in [1.807, 2.05) is 23.5 Å². The number of hydrogen-bond acceptors (Lipinski definition) is 4. The van der Waals surface area contributed by atoms with Crippen molar-refractivity contribution in [3.8, 4) is 0 Å². The quantitative estimate of drug-likeness (QED) is 0.716. The molecule has 4 heteroatoms. The Bertz CT molecular complexity index is 738. The van der Waals surface area contributed by atoms with Crippen LogP contribution in [-0.2, 0) is 6.42 Å². The number of rotatable bonds is 3. The Morgan fingerprint density at radius 1 is 1.04 bits per heavy atom. The smallest absolute Gasteiger partial charge is 0.0401 e. The number of piperazine rings is 1. The predicted octanol–water partition coefficient (Wildman–Crippen LogP) is 4.79. The van der Waals surface area contributed by atoms with Gasteiger partial charge in [-0.2, -0.15) is 0 Å². The monoisotopic (exact) mass is 370 g/mol. The molecule has 0 bridgehead atoms. The van der Waals surface area contributed by atoms with Crippen LogP contribution in [0.25, 0.3) is 0 Å². The topological polar surface area (TPSA) is 6.48 Å². The van der Waals surface area contributed by atoms with Crippen molar-refractivity contribution >= 4 is 23.5 Å². The Balaban J connectivity index is 1.74. The molecule has 2 heterocycles. The summed E-state index contributed by atoms with van der Waals surface area (Å²) in [5.74, 6) is 1.13. The van der Waals surface area contributed by atoms with E-state index >= 15 is 0 Å². The van der Waals surface area contributed by atoms with E-state index in [1.165, 1.54) is 52.0 Å². The number of hydrogen-bond donors (Lipinski definition) is 0. The van der Waals surface area contributed by atoms with Gasteiger partial charge in [0.15, 0.2) is 0 Å². The van der Waals surface area contributed by atoms with E-state index < -0.39 is 0 Å². The van der Waals surface area contributed by atoms with Gasteiger partial charge in [0, 0.05) is 46.9 Å². The van der Waals surface area contributed by atoms with Crippen LogP contribution < -0.4 is 0 Å². The van der Waals surface area contributed by atoms with E-state index in [4.69, 9.17) is 0 Å². The molecule has 132 valence electrons. The van der Waals surface area contributed by atoms with Crippen LogP contribution in [0.4, 0.5) is 0 Å². The first-order valence-electron chi connectivity index (χ1n) is 9.19. The molecule has 1 atom stereocenters. The van der Waals surface area contributed by atoms with Gasteiger partial charge >= 0.3 is 0 Å². The Kier molecular flexibility index (Phi) is 5.41. The molecule has 0 saturated carbocycles. The summed E-state index contributed by atoms with van der Waals surface area (Å²) in [5.41, 5.74) is 3.03. The molecular weight excluding hydrogens is 344 g/mol. The second kappa shape index (κ2) is 7.75. The maximum Gasteiger partial charge on any atom is 0.0401 e. The molecule has 0 radical (unpaired) electrons. The molecule has 0 spiro atoms. The van der Waals surface area contributed by atoms with Gasteiger partial charge < -0.3 is 4.90 Å². The summed E-state index contributed by atoms with van der Waals surface area (Å²) >= 11 is 3.90. The van der Waals surface area contributed by atoms with Gasteiger partial charge in [0.25, 0.3) is 0 Å². The molecule has 2 nitrogen and oxygen atoms in total. The van der Waals surface area contributed by atoms with E-state index in [2.05, 4.69) is 66.2 Å². The summed E-state index contributed by atoms with van der Waals surface area (Å²) < 4.78 is 0. The molecule has 0 aromatic heterocycles. The lowest BCUT2D eigenvalue weighted by Crippen LogP contribution is -2.46.